The molecule has 14 heavy (non-hydrogen) atoms. The number of aromatic hydroxyl groups is 1. The van der Waals surface area contributed by atoms with Gasteiger partial charge in [0.25, 0.3) is 0 Å². The molecule has 0 saturated heterocycles. The summed E-state index contributed by atoms with van der Waals surface area (Å²) in [6.07, 6.45) is 1.09. The molecule has 2 atom stereocenters. The Labute approximate surface area is 83.5 Å². The lowest BCUT2D eigenvalue weighted by molar-refractivity contribution is 0.406. The standard InChI is InChI=1S/C11H15NO2/c1-14-8-2-3-9(11(13)5-8)10-4-7(10)6-12/h2-3,5,7,10,13H,4,6,12H2,1H3. The molecule has 1 aromatic rings. The van der Waals surface area contributed by atoms with Gasteiger partial charge in [0.05, 0.1) is 7.11 Å². The van der Waals surface area contributed by atoms with Gasteiger partial charge in [-0.25, -0.2) is 0 Å². The molecule has 0 heterocycles. The molecule has 1 fully saturated rings. The Balaban J connectivity index is 2.19. The van der Waals surface area contributed by atoms with Crippen molar-refractivity contribution in [2.75, 3.05) is 13.7 Å². The van der Waals surface area contributed by atoms with Crippen LogP contribution < -0.4 is 10.5 Å². The Morgan fingerprint density at radius 2 is 2.36 bits per heavy atom. The molecule has 0 aromatic heterocycles. The predicted molar refractivity (Wildman–Crippen MR) is 54.6 cm³/mol. The Hall–Kier alpha value is -1.22. The maximum absolute atomic E-state index is 9.73. The molecule has 2 rings (SSSR count). The summed E-state index contributed by atoms with van der Waals surface area (Å²) in [7, 11) is 1.59. The van der Waals surface area contributed by atoms with Crippen LogP contribution in [-0.2, 0) is 0 Å². The van der Waals surface area contributed by atoms with E-state index >= 15 is 0 Å². The monoisotopic (exact) mass is 193 g/mol. The molecule has 3 N–H and O–H groups in total. The van der Waals surface area contributed by atoms with Gasteiger partial charge in [0.2, 0.25) is 0 Å². The number of nitrogens with two attached hydrogens (primary N) is 1. The van der Waals surface area contributed by atoms with E-state index in [-0.39, 0.29) is 0 Å². The number of rotatable bonds is 3. The molecule has 1 aromatic carbocycles. The first-order valence-electron chi connectivity index (χ1n) is 4.83. The maximum atomic E-state index is 9.73. The number of phenols is 1. The summed E-state index contributed by atoms with van der Waals surface area (Å²) in [5.74, 6) is 2.02. The highest BCUT2D eigenvalue weighted by Crippen LogP contribution is 2.49. The average Bonchev–Trinajstić information content (AvgIpc) is 2.96. The lowest BCUT2D eigenvalue weighted by Gasteiger charge is -2.05. The Morgan fingerprint density at radius 3 is 2.86 bits per heavy atom. The summed E-state index contributed by atoms with van der Waals surface area (Å²) in [5, 5.41) is 9.73. The second-order valence-corrected chi connectivity index (χ2v) is 3.76. The van der Waals surface area contributed by atoms with Crippen LogP contribution in [-0.4, -0.2) is 18.8 Å². The molecular weight excluding hydrogens is 178 g/mol. The minimum atomic E-state index is 0.324. The van der Waals surface area contributed by atoms with Crippen LogP contribution in [0.25, 0.3) is 0 Å². The first kappa shape index (κ1) is 9.34. The molecule has 1 aliphatic carbocycles. The topological polar surface area (TPSA) is 55.5 Å². The smallest absolute Gasteiger partial charge is 0.122 e. The number of ether oxygens (including phenoxy) is 1. The van der Waals surface area contributed by atoms with Gasteiger partial charge < -0.3 is 15.6 Å². The van der Waals surface area contributed by atoms with Crippen molar-refractivity contribution in [2.24, 2.45) is 11.7 Å². The number of methoxy groups -OCH3 is 1. The molecule has 1 aliphatic rings. The highest BCUT2D eigenvalue weighted by molar-refractivity contribution is 5.44. The van der Waals surface area contributed by atoms with Crippen molar-refractivity contribution in [3.8, 4) is 11.5 Å². The normalized spacial score (nSPS) is 24.7. The Kier molecular flexibility index (Phi) is 2.33. The summed E-state index contributed by atoms with van der Waals surface area (Å²) in [6.45, 7) is 0.704. The van der Waals surface area contributed by atoms with E-state index in [9.17, 15) is 5.11 Å². The highest BCUT2D eigenvalue weighted by Gasteiger charge is 2.38. The van der Waals surface area contributed by atoms with Crippen LogP contribution in [0.1, 0.15) is 17.9 Å². The van der Waals surface area contributed by atoms with E-state index in [0.717, 1.165) is 12.0 Å². The van der Waals surface area contributed by atoms with Crippen molar-refractivity contribution < 1.29 is 9.84 Å². The van der Waals surface area contributed by atoms with Gasteiger partial charge in [0, 0.05) is 6.07 Å². The summed E-state index contributed by atoms with van der Waals surface area (Å²) >= 11 is 0. The van der Waals surface area contributed by atoms with Crippen LogP contribution in [0.4, 0.5) is 0 Å². The van der Waals surface area contributed by atoms with Crippen LogP contribution in [0.2, 0.25) is 0 Å². The minimum Gasteiger partial charge on any atom is -0.508 e. The third-order valence-electron chi connectivity index (χ3n) is 2.86. The van der Waals surface area contributed by atoms with Crippen LogP contribution in [0, 0.1) is 5.92 Å². The second-order valence-electron chi connectivity index (χ2n) is 3.76. The largest absolute Gasteiger partial charge is 0.508 e. The summed E-state index contributed by atoms with van der Waals surface area (Å²) < 4.78 is 5.02. The fourth-order valence-electron chi connectivity index (χ4n) is 1.85. The van der Waals surface area contributed by atoms with E-state index in [1.807, 2.05) is 12.1 Å². The van der Waals surface area contributed by atoms with Crippen molar-refractivity contribution in [1.82, 2.24) is 0 Å². The van der Waals surface area contributed by atoms with Crippen LogP contribution in [0.5, 0.6) is 11.5 Å². The predicted octanol–water partition coefficient (Wildman–Crippen LogP) is 1.46. The van der Waals surface area contributed by atoms with Gasteiger partial charge in [0.1, 0.15) is 11.5 Å². The second kappa shape index (κ2) is 3.50. The van der Waals surface area contributed by atoms with E-state index in [0.29, 0.717) is 29.9 Å². The lowest BCUT2D eigenvalue weighted by atomic mass is 10.1. The van der Waals surface area contributed by atoms with Gasteiger partial charge in [-0.3, -0.25) is 0 Å². The van der Waals surface area contributed by atoms with Gasteiger partial charge in [-0.1, -0.05) is 6.07 Å². The summed E-state index contributed by atoms with van der Waals surface area (Å²) in [5.41, 5.74) is 6.56. The fourth-order valence-corrected chi connectivity index (χ4v) is 1.85. The van der Waals surface area contributed by atoms with Gasteiger partial charge >= 0.3 is 0 Å². The maximum Gasteiger partial charge on any atom is 0.122 e. The van der Waals surface area contributed by atoms with Gasteiger partial charge in [-0.05, 0) is 36.4 Å². The molecule has 1 saturated carbocycles. The fraction of sp³-hybridized carbons (Fsp3) is 0.455. The van der Waals surface area contributed by atoms with Crippen LogP contribution >= 0.6 is 0 Å². The zero-order valence-corrected chi connectivity index (χ0v) is 8.23. The highest BCUT2D eigenvalue weighted by atomic mass is 16.5. The van der Waals surface area contributed by atoms with Crippen molar-refractivity contribution >= 4 is 0 Å². The third-order valence-corrected chi connectivity index (χ3v) is 2.86. The summed E-state index contributed by atoms with van der Waals surface area (Å²) in [4.78, 5) is 0. The number of hydrogen-bond donors (Lipinski definition) is 2. The number of benzene rings is 1. The van der Waals surface area contributed by atoms with Gasteiger partial charge in [0.15, 0.2) is 0 Å². The average molecular weight is 193 g/mol. The first-order valence-corrected chi connectivity index (χ1v) is 4.83. The van der Waals surface area contributed by atoms with E-state index in [1.165, 1.54) is 0 Å². The number of hydrogen-bond acceptors (Lipinski definition) is 3. The van der Waals surface area contributed by atoms with Crippen molar-refractivity contribution in [3.05, 3.63) is 23.8 Å². The van der Waals surface area contributed by atoms with Crippen molar-refractivity contribution in [3.63, 3.8) is 0 Å². The van der Waals surface area contributed by atoms with Crippen molar-refractivity contribution in [2.45, 2.75) is 12.3 Å². The van der Waals surface area contributed by atoms with Gasteiger partial charge in [-0.15, -0.1) is 0 Å². The van der Waals surface area contributed by atoms with E-state index in [1.54, 1.807) is 13.2 Å². The molecule has 0 aliphatic heterocycles. The van der Waals surface area contributed by atoms with E-state index < -0.39 is 0 Å². The Morgan fingerprint density at radius 1 is 1.57 bits per heavy atom. The molecule has 0 spiro atoms. The first-order chi connectivity index (χ1) is 6.76. The third kappa shape index (κ3) is 1.55. The quantitative estimate of drug-likeness (QED) is 0.764. The molecule has 3 nitrogen and oxygen atoms in total. The molecule has 3 heteroatoms. The minimum absolute atomic E-state index is 0.324. The summed E-state index contributed by atoms with van der Waals surface area (Å²) in [6, 6.07) is 5.46. The molecule has 0 amide bonds. The molecule has 0 bridgehead atoms. The van der Waals surface area contributed by atoms with Crippen molar-refractivity contribution in [1.29, 1.82) is 0 Å². The molecule has 0 radical (unpaired) electrons. The van der Waals surface area contributed by atoms with Gasteiger partial charge in [-0.2, -0.15) is 0 Å². The SMILES string of the molecule is COc1ccc(C2CC2CN)c(O)c1. The molecule has 2 unspecified atom stereocenters. The van der Waals surface area contributed by atoms with E-state index in [4.69, 9.17) is 10.5 Å². The lowest BCUT2D eigenvalue weighted by Crippen LogP contribution is -2.02. The zero-order chi connectivity index (χ0) is 10.1. The molecular formula is C11H15NO2. The van der Waals surface area contributed by atoms with Crippen LogP contribution in [0.15, 0.2) is 18.2 Å². The van der Waals surface area contributed by atoms with E-state index in [2.05, 4.69) is 0 Å². The number of phenolic OH excluding ortho intramolecular Hbond substituents is 1. The zero-order valence-electron chi connectivity index (χ0n) is 8.23. The Bertz CT molecular complexity index is 338. The van der Waals surface area contributed by atoms with Crippen LogP contribution in [0.3, 0.4) is 0 Å². The molecule has 76 valence electrons.